The molecule has 0 aliphatic carbocycles. The van der Waals surface area contributed by atoms with Crippen LogP contribution in [-0.2, 0) is 0 Å². The molecule has 1 fully saturated rings. The van der Waals surface area contributed by atoms with E-state index in [0.717, 1.165) is 36.0 Å². The number of aromatic nitrogens is 1. The predicted molar refractivity (Wildman–Crippen MR) is 84.3 cm³/mol. The second-order valence-corrected chi connectivity index (χ2v) is 5.97. The molecule has 2 aromatic rings. The van der Waals surface area contributed by atoms with Gasteiger partial charge in [0.1, 0.15) is 0 Å². The maximum absolute atomic E-state index is 12.7. The van der Waals surface area contributed by atoms with E-state index in [2.05, 4.69) is 4.98 Å². The van der Waals surface area contributed by atoms with Gasteiger partial charge in [-0.1, -0.05) is 12.1 Å². The van der Waals surface area contributed by atoms with Crippen LogP contribution in [0.5, 0.6) is 0 Å². The van der Waals surface area contributed by atoms with Gasteiger partial charge in [-0.25, -0.2) is 0 Å². The lowest BCUT2D eigenvalue weighted by Crippen LogP contribution is -2.45. The molecule has 1 aromatic heterocycles. The van der Waals surface area contributed by atoms with Crippen LogP contribution in [0.2, 0.25) is 0 Å². The average Bonchev–Trinajstić information content (AvgIpc) is 2.45. The maximum Gasteiger partial charge on any atom is 0.255 e. The fraction of sp³-hybridized carbons (Fsp3) is 0.412. The molecule has 4 heteroatoms. The topological polar surface area (TPSA) is 59.2 Å². The molecule has 1 saturated heterocycles. The lowest BCUT2D eigenvalue weighted by Gasteiger charge is -2.31. The summed E-state index contributed by atoms with van der Waals surface area (Å²) >= 11 is 0. The molecule has 0 spiro atoms. The number of likely N-dealkylation sites (tertiary alicyclic amines) is 1. The van der Waals surface area contributed by atoms with Gasteiger partial charge in [-0.15, -0.1) is 0 Å². The first kappa shape index (κ1) is 14.0. The maximum atomic E-state index is 12.7. The molecule has 21 heavy (non-hydrogen) atoms. The third kappa shape index (κ3) is 2.76. The number of carbonyl (C=O) groups excluding carboxylic acids is 1. The predicted octanol–water partition coefficient (Wildman–Crippen LogP) is 2.41. The van der Waals surface area contributed by atoms with Crippen molar-refractivity contribution in [1.29, 1.82) is 0 Å². The Bertz CT molecular complexity index is 696. The number of benzene rings is 1. The van der Waals surface area contributed by atoms with E-state index in [1.807, 2.05) is 43.0 Å². The second kappa shape index (κ2) is 5.45. The Kier molecular flexibility index (Phi) is 3.64. The van der Waals surface area contributed by atoms with Crippen molar-refractivity contribution in [3.63, 3.8) is 0 Å². The van der Waals surface area contributed by atoms with Crippen molar-refractivity contribution in [2.45, 2.75) is 32.7 Å². The van der Waals surface area contributed by atoms with E-state index in [4.69, 9.17) is 5.73 Å². The van der Waals surface area contributed by atoms with Crippen LogP contribution in [0.25, 0.3) is 10.9 Å². The fourth-order valence-electron chi connectivity index (χ4n) is 2.95. The van der Waals surface area contributed by atoms with Crippen LogP contribution >= 0.6 is 0 Å². The van der Waals surface area contributed by atoms with E-state index < -0.39 is 0 Å². The van der Waals surface area contributed by atoms with Gasteiger partial charge >= 0.3 is 0 Å². The van der Waals surface area contributed by atoms with E-state index in [0.29, 0.717) is 12.1 Å². The Labute approximate surface area is 125 Å². The van der Waals surface area contributed by atoms with E-state index in [9.17, 15) is 4.79 Å². The number of fused-ring (bicyclic) bond motifs is 1. The summed E-state index contributed by atoms with van der Waals surface area (Å²) in [6, 6.07) is 8.17. The summed E-state index contributed by atoms with van der Waals surface area (Å²) in [5.41, 5.74) is 9.58. The molecule has 0 bridgehead atoms. The first-order chi connectivity index (χ1) is 10.0. The van der Waals surface area contributed by atoms with Gasteiger partial charge in [-0.2, -0.15) is 0 Å². The largest absolute Gasteiger partial charge is 0.337 e. The SMILES string of the molecule is Cc1ccc2cc(C(=O)N3CCC[C@@H](N)C3)c(C)nc2c1. The number of nitrogens with two attached hydrogens (primary N) is 1. The molecule has 1 aliphatic heterocycles. The van der Waals surface area contributed by atoms with Crippen LogP contribution in [-0.4, -0.2) is 34.9 Å². The third-order valence-corrected chi connectivity index (χ3v) is 4.14. The number of pyridine rings is 1. The van der Waals surface area contributed by atoms with Crippen LogP contribution in [0.1, 0.15) is 34.5 Å². The highest BCUT2D eigenvalue weighted by Gasteiger charge is 2.24. The van der Waals surface area contributed by atoms with Crippen molar-refractivity contribution in [3.8, 4) is 0 Å². The number of rotatable bonds is 1. The van der Waals surface area contributed by atoms with E-state index in [1.165, 1.54) is 5.56 Å². The first-order valence-corrected chi connectivity index (χ1v) is 7.47. The summed E-state index contributed by atoms with van der Waals surface area (Å²) < 4.78 is 0. The molecule has 1 amide bonds. The molecule has 1 aliphatic rings. The Morgan fingerprint density at radius 3 is 2.90 bits per heavy atom. The number of hydrogen-bond donors (Lipinski definition) is 1. The number of piperidine rings is 1. The van der Waals surface area contributed by atoms with Crippen molar-refractivity contribution in [2.24, 2.45) is 5.73 Å². The van der Waals surface area contributed by atoms with Gasteiger partial charge in [0.2, 0.25) is 0 Å². The normalized spacial score (nSPS) is 19.0. The minimum absolute atomic E-state index is 0.0534. The lowest BCUT2D eigenvalue weighted by atomic mass is 10.0. The summed E-state index contributed by atoms with van der Waals surface area (Å²) in [6.45, 7) is 5.38. The molecule has 1 atom stereocenters. The zero-order chi connectivity index (χ0) is 15.0. The van der Waals surface area contributed by atoms with Gasteiger partial charge in [0.15, 0.2) is 0 Å². The molecule has 0 unspecified atom stereocenters. The van der Waals surface area contributed by atoms with Crippen molar-refractivity contribution < 1.29 is 4.79 Å². The van der Waals surface area contributed by atoms with Crippen molar-refractivity contribution >= 4 is 16.8 Å². The third-order valence-electron chi connectivity index (χ3n) is 4.14. The Balaban J connectivity index is 1.97. The monoisotopic (exact) mass is 283 g/mol. The van der Waals surface area contributed by atoms with Gasteiger partial charge in [-0.3, -0.25) is 9.78 Å². The number of amides is 1. The van der Waals surface area contributed by atoms with Crippen molar-refractivity contribution in [1.82, 2.24) is 9.88 Å². The highest BCUT2D eigenvalue weighted by molar-refractivity contribution is 5.98. The first-order valence-electron chi connectivity index (χ1n) is 7.47. The molecule has 0 radical (unpaired) electrons. The van der Waals surface area contributed by atoms with Crippen LogP contribution in [0.3, 0.4) is 0 Å². The summed E-state index contributed by atoms with van der Waals surface area (Å²) in [5.74, 6) is 0.0534. The Hall–Kier alpha value is -1.94. The van der Waals surface area contributed by atoms with E-state index >= 15 is 0 Å². The van der Waals surface area contributed by atoms with Crippen LogP contribution in [0.15, 0.2) is 24.3 Å². The molecule has 1 aromatic carbocycles. The summed E-state index contributed by atoms with van der Waals surface area (Å²) in [6.07, 6.45) is 1.98. The average molecular weight is 283 g/mol. The van der Waals surface area contributed by atoms with Crippen LogP contribution in [0, 0.1) is 13.8 Å². The zero-order valence-electron chi connectivity index (χ0n) is 12.6. The molecule has 4 nitrogen and oxygen atoms in total. The smallest absolute Gasteiger partial charge is 0.255 e. The van der Waals surface area contributed by atoms with Gasteiger partial charge < -0.3 is 10.6 Å². The fourth-order valence-corrected chi connectivity index (χ4v) is 2.95. The molecule has 110 valence electrons. The standard InChI is InChI=1S/C17H21N3O/c1-11-5-6-13-9-15(12(2)19-16(13)8-11)17(21)20-7-3-4-14(18)10-20/h5-6,8-9,14H,3-4,7,10,18H2,1-2H3/t14-/m1/s1. The quantitative estimate of drug-likeness (QED) is 0.874. The number of hydrogen-bond acceptors (Lipinski definition) is 3. The summed E-state index contributed by atoms with van der Waals surface area (Å²) in [7, 11) is 0. The van der Waals surface area contributed by atoms with Crippen LogP contribution < -0.4 is 5.73 Å². The van der Waals surface area contributed by atoms with Gasteiger partial charge in [0.05, 0.1) is 16.8 Å². The molecule has 0 saturated carbocycles. The van der Waals surface area contributed by atoms with Gasteiger partial charge in [0.25, 0.3) is 5.91 Å². The summed E-state index contributed by atoms with van der Waals surface area (Å²) in [4.78, 5) is 19.2. The molecule has 3 rings (SSSR count). The van der Waals surface area contributed by atoms with Gasteiger partial charge in [-0.05, 0) is 44.4 Å². The summed E-state index contributed by atoms with van der Waals surface area (Å²) in [5, 5.41) is 1.01. The van der Waals surface area contributed by atoms with Gasteiger partial charge in [0, 0.05) is 24.5 Å². The highest BCUT2D eigenvalue weighted by Crippen LogP contribution is 2.20. The Morgan fingerprint density at radius 2 is 2.14 bits per heavy atom. The molecule has 2 N–H and O–H groups in total. The lowest BCUT2D eigenvalue weighted by molar-refractivity contribution is 0.0708. The second-order valence-electron chi connectivity index (χ2n) is 5.97. The molecular formula is C17H21N3O. The van der Waals surface area contributed by atoms with E-state index in [-0.39, 0.29) is 11.9 Å². The molecule has 2 heterocycles. The zero-order valence-corrected chi connectivity index (χ0v) is 12.6. The van der Waals surface area contributed by atoms with E-state index in [1.54, 1.807) is 0 Å². The minimum atomic E-state index is 0.0534. The van der Waals surface area contributed by atoms with Crippen LogP contribution in [0.4, 0.5) is 0 Å². The minimum Gasteiger partial charge on any atom is -0.337 e. The molecular weight excluding hydrogens is 262 g/mol. The highest BCUT2D eigenvalue weighted by atomic mass is 16.2. The number of aryl methyl sites for hydroxylation is 2. The van der Waals surface area contributed by atoms with Crippen molar-refractivity contribution in [2.75, 3.05) is 13.1 Å². The van der Waals surface area contributed by atoms with Crippen molar-refractivity contribution in [3.05, 3.63) is 41.1 Å². The number of nitrogens with zero attached hydrogens (tertiary/aromatic N) is 2. The Morgan fingerprint density at radius 1 is 1.33 bits per heavy atom. The number of carbonyl (C=O) groups is 1.